The van der Waals surface area contributed by atoms with Crippen molar-refractivity contribution < 1.29 is 9.53 Å². The number of aryl methyl sites for hydroxylation is 1. The normalized spacial score (nSPS) is 10.5. The van der Waals surface area contributed by atoms with Gasteiger partial charge in [0.15, 0.2) is 6.29 Å². The van der Waals surface area contributed by atoms with Crippen LogP contribution in [0.1, 0.15) is 21.8 Å². The predicted octanol–water partition coefficient (Wildman–Crippen LogP) is 3.20. The number of hydrogen-bond donors (Lipinski definition) is 0. The lowest BCUT2D eigenvalue weighted by Crippen LogP contribution is -1.93. The second-order valence-electron chi connectivity index (χ2n) is 3.91. The van der Waals surface area contributed by atoms with Crippen LogP contribution >= 0.6 is 11.3 Å². The summed E-state index contributed by atoms with van der Waals surface area (Å²) >= 11 is 1.59. The number of aldehydes is 1. The Balaban J connectivity index is 2.21. The molecule has 18 heavy (non-hydrogen) atoms. The Morgan fingerprint density at radius 1 is 1.33 bits per heavy atom. The summed E-state index contributed by atoms with van der Waals surface area (Å²) in [6, 6.07) is 9.93. The van der Waals surface area contributed by atoms with Gasteiger partial charge in [0.2, 0.25) is 0 Å². The van der Waals surface area contributed by atoms with Crippen LogP contribution in [-0.4, -0.2) is 25.0 Å². The number of thiazole rings is 1. The molecule has 0 N–H and O–H groups in total. The smallest absolute Gasteiger partial charge is 0.169 e. The van der Waals surface area contributed by atoms with Crippen molar-refractivity contribution in [2.45, 2.75) is 12.8 Å². The maximum absolute atomic E-state index is 11.0. The third-order valence-corrected chi connectivity index (χ3v) is 3.79. The number of aromatic nitrogens is 1. The molecule has 0 aliphatic rings. The van der Waals surface area contributed by atoms with Gasteiger partial charge in [-0.05, 0) is 12.8 Å². The van der Waals surface area contributed by atoms with Crippen LogP contribution < -0.4 is 0 Å². The van der Waals surface area contributed by atoms with Crippen LogP contribution in [0.15, 0.2) is 30.3 Å². The predicted molar refractivity (Wildman–Crippen MR) is 73.1 cm³/mol. The van der Waals surface area contributed by atoms with Gasteiger partial charge >= 0.3 is 0 Å². The fourth-order valence-electron chi connectivity index (χ4n) is 1.72. The molecule has 0 radical (unpaired) electrons. The first-order valence-corrected chi connectivity index (χ1v) is 6.66. The highest BCUT2D eigenvalue weighted by molar-refractivity contribution is 7.15. The summed E-state index contributed by atoms with van der Waals surface area (Å²) in [5.74, 6) is 0. The fraction of sp³-hybridized carbons (Fsp3) is 0.286. The van der Waals surface area contributed by atoms with Crippen molar-refractivity contribution in [2.24, 2.45) is 0 Å². The molecule has 3 nitrogen and oxygen atoms in total. The first-order valence-electron chi connectivity index (χ1n) is 5.84. The van der Waals surface area contributed by atoms with E-state index in [1.807, 2.05) is 30.3 Å². The van der Waals surface area contributed by atoms with E-state index >= 15 is 0 Å². The summed E-state index contributed by atoms with van der Waals surface area (Å²) in [5.41, 5.74) is 1.62. The number of benzene rings is 1. The van der Waals surface area contributed by atoms with E-state index in [0.717, 1.165) is 34.6 Å². The van der Waals surface area contributed by atoms with E-state index in [1.165, 1.54) is 0 Å². The maximum Gasteiger partial charge on any atom is 0.169 e. The first kappa shape index (κ1) is 12.9. The summed E-state index contributed by atoms with van der Waals surface area (Å²) in [4.78, 5) is 16.4. The molecule has 2 rings (SSSR count). The first-order chi connectivity index (χ1) is 8.85. The second-order valence-corrected chi connectivity index (χ2v) is 4.99. The number of ether oxygens (including phenoxy) is 1. The second kappa shape index (κ2) is 6.42. The minimum absolute atomic E-state index is 0.565. The Morgan fingerprint density at radius 2 is 2.11 bits per heavy atom. The van der Waals surface area contributed by atoms with Crippen LogP contribution in [0.5, 0.6) is 0 Å². The van der Waals surface area contributed by atoms with Gasteiger partial charge in [0, 0.05) is 24.2 Å². The molecule has 0 saturated carbocycles. The molecule has 1 heterocycles. The van der Waals surface area contributed by atoms with Gasteiger partial charge in [0.1, 0.15) is 10.7 Å². The summed E-state index contributed by atoms with van der Waals surface area (Å²) < 4.78 is 5.02. The molecule has 0 fully saturated rings. The molecular weight excluding hydrogens is 246 g/mol. The number of hydrogen-bond acceptors (Lipinski definition) is 4. The topological polar surface area (TPSA) is 39.2 Å². The molecule has 0 spiro atoms. The highest BCUT2D eigenvalue weighted by Gasteiger charge is 2.11. The molecule has 0 aliphatic heterocycles. The molecule has 1 aromatic carbocycles. The van der Waals surface area contributed by atoms with Crippen LogP contribution in [-0.2, 0) is 11.2 Å². The third-order valence-electron chi connectivity index (χ3n) is 2.61. The molecule has 0 saturated heterocycles. The molecular formula is C14H15NO2S. The van der Waals surface area contributed by atoms with Crippen LogP contribution in [0.3, 0.4) is 0 Å². The summed E-state index contributed by atoms with van der Waals surface area (Å²) in [5, 5.41) is 0.908. The van der Waals surface area contributed by atoms with Crippen LogP contribution in [0.4, 0.5) is 0 Å². The van der Waals surface area contributed by atoms with E-state index in [-0.39, 0.29) is 0 Å². The fourth-order valence-corrected chi connectivity index (χ4v) is 2.79. The van der Waals surface area contributed by atoms with Gasteiger partial charge in [-0.1, -0.05) is 30.3 Å². The number of methoxy groups -OCH3 is 1. The van der Waals surface area contributed by atoms with Crippen molar-refractivity contribution >= 4 is 17.6 Å². The lowest BCUT2D eigenvalue weighted by Gasteiger charge is -1.97. The molecule has 1 aromatic heterocycles. The molecule has 0 amide bonds. The van der Waals surface area contributed by atoms with Gasteiger partial charge in [0.05, 0.1) is 0 Å². The zero-order valence-corrected chi connectivity index (χ0v) is 11.1. The molecule has 0 atom stereocenters. The van der Waals surface area contributed by atoms with Gasteiger partial charge in [-0.2, -0.15) is 0 Å². The van der Waals surface area contributed by atoms with Gasteiger partial charge < -0.3 is 4.74 Å². The Morgan fingerprint density at radius 3 is 2.78 bits per heavy atom. The van der Waals surface area contributed by atoms with E-state index < -0.39 is 0 Å². The lowest BCUT2D eigenvalue weighted by molar-refractivity contribution is 0.111. The van der Waals surface area contributed by atoms with E-state index in [0.29, 0.717) is 12.3 Å². The standard InChI is InChI=1S/C14H15NO2S/c1-17-9-5-8-13-12(10-16)15-14(18-13)11-6-3-2-4-7-11/h2-4,6-7,10H,5,8-9H2,1H3. The van der Waals surface area contributed by atoms with Crippen molar-refractivity contribution in [1.29, 1.82) is 0 Å². The van der Waals surface area contributed by atoms with Gasteiger partial charge in [-0.3, -0.25) is 4.79 Å². The van der Waals surface area contributed by atoms with E-state index in [2.05, 4.69) is 4.98 Å². The summed E-state index contributed by atoms with van der Waals surface area (Å²) in [6.45, 7) is 0.705. The van der Waals surface area contributed by atoms with E-state index in [4.69, 9.17) is 4.74 Å². The van der Waals surface area contributed by atoms with Crippen molar-refractivity contribution in [3.05, 3.63) is 40.9 Å². The van der Waals surface area contributed by atoms with E-state index in [9.17, 15) is 4.79 Å². The molecule has 2 aromatic rings. The number of rotatable bonds is 6. The minimum atomic E-state index is 0.565. The molecule has 94 valence electrons. The Hall–Kier alpha value is -1.52. The minimum Gasteiger partial charge on any atom is -0.385 e. The largest absolute Gasteiger partial charge is 0.385 e. The van der Waals surface area contributed by atoms with Crippen LogP contribution in [0.2, 0.25) is 0 Å². The summed E-state index contributed by atoms with van der Waals surface area (Å²) in [7, 11) is 1.68. The molecule has 0 aliphatic carbocycles. The number of carbonyl (C=O) groups is 1. The average Bonchev–Trinajstić information content (AvgIpc) is 2.83. The average molecular weight is 261 g/mol. The number of nitrogens with zero attached hydrogens (tertiary/aromatic N) is 1. The van der Waals surface area contributed by atoms with Crippen LogP contribution in [0.25, 0.3) is 10.6 Å². The summed E-state index contributed by atoms with van der Waals surface area (Å²) in [6.07, 6.45) is 2.59. The molecule has 0 bridgehead atoms. The highest BCUT2D eigenvalue weighted by atomic mass is 32.1. The van der Waals surface area contributed by atoms with Gasteiger partial charge in [0.25, 0.3) is 0 Å². The Labute approximate surface area is 110 Å². The van der Waals surface area contributed by atoms with Crippen LogP contribution in [0, 0.1) is 0 Å². The van der Waals surface area contributed by atoms with Crippen molar-refractivity contribution in [2.75, 3.05) is 13.7 Å². The quantitative estimate of drug-likeness (QED) is 0.592. The maximum atomic E-state index is 11.0. The third kappa shape index (κ3) is 3.03. The van der Waals surface area contributed by atoms with Gasteiger partial charge in [-0.15, -0.1) is 11.3 Å². The highest BCUT2D eigenvalue weighted by Crippen LogP contribution is 2.28. The van der Waals surface area contributed by atoms with E-state index in [1.54, 1.807) is 18.4 Å². The SMILES string of the molecule is COCCCc1sc(-c2ccccc2)nc1C=O. The zero-order chi connectivity index (χ0) is 12.8. The molecule has 0 unspecified atom stereocenters. The lowest BCUT2D eigenvalue weighted by atomic mass is 10.2. The monoisotopic (exact) mass is 261 g/mol. The Kier molecular flexibility index (Phi) is 4.61. The molecule has 4 heteroatoms. The Bertz CT molecular complexity index is 508. The van der Waals surface area contributed by atoms with Crippen molar-refractivity contribution in [1.82, 2.24) is 4.98 Å². The van der Waals surface area contributed by atoms with Crippen molar-refractivity contribution in [3.8, 4) is 10.6 Å². The zero-order valence-electron chi connectivity index (χ0n) is 10.3. The van der Waals surface area contributed by atoms with Gasteiger partial charge in [-0.25, -0.2) is 4.98 Å². The number of carbonyl (C=O) groups excluding carboxylic acids is 1. The van der Waals surface area contributed by atoms with Crippen molar-refractivity contribution in [3.63, 3.8) is 0 Å².